The molecule has 0 spiro atoms. The van der Waals surface area contributed by atoms with Crippen LogP contribution in [0.1, 0.15) is 0 Å². The Labute approximate surface area is 92.3 Å². The van der Waals surface area contributed by atoms with Gasteiger partial charge in [0.1, 0.15) is 5.75 Å². The summed E-state index contributed by atoms with van der Waals surface area (Å²) in [5, 5.41) is 0.705. The molecule has 0 radical (unpaired) electrons. The molecule has 1 rings (SSSR count). The van der Waals surface area contributed by atoms with Gasteiger partial charge < -0.3 is 4.74 Å². The lowest BCUT2D eigenvalue weighted by Gasteiger charge is -2.03. The molecule has 4 heteroatoms. The Morgan fingerprint density at radius 3 is 2.64 bits per heavy atom. The van der Waals surface area contributed by atoms with Crippen LogP contribution in [0.25, 0.3) is 0 Å². The van der Waals surface area contributed by atoms with Gasteiger partial charge in [0.25, 0.3) is 0 Å². The Kier molecular flexibility index (Phi) is 3.46. The first-order valence-corrected chi connectivity index (χ1v) is 5.08. The van der Waals surface area contributed by atoms with Crippen molar-refractivity contribution in [3.63, 3.8) is 0 Å². The minimum absolute atomic E-state index is 0.705. The van der Waals surface area contributed by atoms with Gasteiger partial charge in [0.15, 0.2) is 0 Å². The zero-order valence-corrected chi connectivity index (χ0v) is 10.2. The van der Waals surface area contributed by atoms with Crippen LogP contribution >= 0.6 is 50.1 Å². The zero-order valence-electron chi connectivity index (χ0n) is 5.70. The lowest BCUT2D eigenvalue weighted by molar-refractivity contribution is 0.414. The van der Waals surface area contributed by atoms with Crippen LogP contribution in [0.4, 0.5) is 0 Å². The molecule has 0 saturated carbocycles. The average Bonchev–Trinajstić information content (AvgIpc) is 1.99. The molecule has 11 heavy (non-hydrogen) atoms. The summed E-state index contributed by atoms with van der Waals surface area (Å²) >= 11 is 11.4. The van der Waals surface area contributed by atoms with Gasteiger partial charge in [0.2, 0.25) is 0 Å². The maximum absolute atomic E-state index is 5.88. The van der Waals surface area contributed by atoms with Gasteiger partial charge in [-0.15, -0.1) is 0 Å². The highest BCUT2D eigenvalue weighted by Gasteiger charge is 2.03. The molecule has 0 bridgehead atoms. The van der Waals surface area contributed by atoms with E-state index in [0.717, 1.165) is 13.8 Å². The molecule has 1 aromatic carbocycles. The van der Waals surface area contributed by atoms with Gasteiger partial charge >= 0.3 is 0 Å². The van der Waals surface area contributed by atoms with Crippen LogP contribution in [0.15, 0.2) is 16.6 Å². The van der Waals surface area contributed by atoms with Crippen molar-refractivity contribution in [3.8, 4) is 5.75 Å². The number of methoxy groups -OCH3 is 1. The molecular formula is C7H5BrClIO. The van der Waals surface area contributed by atoms with Crippen molar-refractivity contribution >= 4 is 50.1 Å². The highest BCUT2D eigenvalue weighted by molar-refractivity contribution is 14.1. The molecule has 0 aliphatic carbocycles. The number of rotatable bonds is 1. The van der Waals surface area contributed by atoms with Crippen LogP contribution < -0.4 is 4.74 Å². The highest BCUT2D eigenvalue weighted by Crippen LogP contribution is 2.31. The normalized spacial score (nSPS) is 9.82. The second-order valence-corrected chi connectivity index (χ2v) is 4.25. The van der Waals surface area contributed by atoms with Gasteiger partial charge in [-0.05, 0) is 50.7 Å². The first-order valence-electron chi connectivity index (χ1n) is 2.83. The van der Waals surface area contributed by atoms with E-state index in [-0.39, 0.29) is 0 Å². The van der Waals surface area contributed by atoms with Crippen molar-refractivity contribution < 1.29 is 4.74 Å². The predicted octanol–water partition coefficient (Wildman–Crippen LogP) is 3.72. The Morgan fingerprint density at radius 1 is 1.55 bits per heavy atom. The monoisotopic (exact) mass is 346 g/mol. The predicted molar refractivity (Wildman–Crippen MR) is 58.4 cm³/mol. The van der Waals surface area contributed by atoms with Gasteiger partial charge in [-0.1, -0.05) is 11.6 Å². The molecule has 1 aromatic rings. The van der Waals surface area contributed by atoms with E-state index in [4.69, 9.17) is 16.3 Å². The maximum Gasteiger partial charge on any atom is 0.121 e. The summed E-state index contributed by atoms with van der Waals surface area (Å²) in [6.07, 6.45) is 0. The number of hydrogen-bond acceptors (Lipinski definition) is 1. The van der Waals surface area contributed by atoms with Gasteiger partial charge in [-0.25, -0.2) is 0 Å². The van der Waals surface area contributed by atoms with Gasteiger partial charge in [0.05, 0.1) is 12.1 Å². The summed E-state index contributed by atoms with van der Waals surface area (Å²) in [6, 6.07) is 3.67. The minimum atomic E-state index is 0.705. The molecule has 0 fully saturated rings. The number of ether oxygens (including phenoxy) is 1. The van der Waals surface area contributed by atoms with Crippen LogP contribution in [-0.2, 0) is 0 Å². The minimum Gasteiger partial charge on any atom is -0.497 e. The highest BCUT2D eigenvalue weighted by atomic mass is 127. The fourth-order valence-corrected chi connectivity index (χ4v) is 1.72. The van der Waals surface area contributed by atoms with Crippen molar-refractivity contribution in [1.29, 1.82) is 0 Å². The van der Waals surface area contributed by atoms with Crippen molar-refractivity contribution in [3.05, 3.63) is 25.2 Å². The van der Waals surface area contributed by atoms with Crippen molar-refractivity contribution in [1.82, 2.24) is 0 Å². The second kappa shape index (κ2) is 3.96. The second-order valence-electron chi connectivity index (χ2n) is 1.91. The van der Waals surface area contributed by atoms with Gasteiger partial charge in [-0.3, -0.25) is 0 Å². The third-order valence-electron chi connectivity index (χ3n) is 1.19. The van der Waals surface area contributed by atoms with Crippen LogP contribution in [0.3, 0.4) is 0 Å². The van der Waals surface area contributed by atoms with E-state index >= 15 is 0 Å². The van der Waals surface area contributed by atoms with Crippen molar-refractivity contribution in [2.45, 2.75) is 0 Å². The molecule has 0 aliphatic rings. The van der Waals surface area contributed by atoms with E-state index in [2.05, 4.69) is 38.5 Å². The van der Waals surface area contributed by atoms with E-state index in [9.17, 15) is 0 Å². The summed E-state index contributed by atoms with van der Waals surface area (Å²) in [7, 11) is 1.62. The Bertz CT molecular complexity index is 254. The molecule has 0 saturated heterocycles. The summed E-state index contributed by atoms with van der Waals surface area (Å²) < 4.78 is 6.98. The number of hydrogen-bond donors (Lipinski definition) is 0. The average molecular weight is 347 g/mol. The molecule has 0 amide bonds. The SMILES string of the molecule is COc1cc(Cl)c(I)c(Br)c1. The molecule has 0 aliphatic heterocycles. The van der Waals surface area contributed by atoms with E-state index < -0.39 is 0 Å². The molecule has 0 unspecified atom stereocenters. The van der Waals surface area contributed by atoms with Crippen LogP contribution in [-0.4, -0.2) is 7.11 Å². The molecule has 1 nitrogen and oxygen atoms in total. The molecule has 0 atom stereocenters. The zero-order chi connectivity index (χ0) is 8.43. The summed E-state index contributed by atoms with van der Waals surface area (Å²) in [4.78, 5) is 0. The standard InChI is InChI=1S/C7H5BrClIO/c1-11-4-2-5(8)7(10)6(9)3-4/h2-3H,1H3. The fraction of sp³-hybridized carbons (Fsp3) is 0.143. The van der Waals surface area contributed by atoms with E-state index in [1.807, 2.05) is 6.07 Å². The van der Waals surface area contributed by atoms with Crippen LogP contribution in [0.5, 0.6) is 5.75 Å². The summed E-state index contributed by atoms with van der Waals surface area (Å²) in [6.45, 7) is 0. The topological polar surface area (TPSA) is 9.23 Å². The fourth-order valence-electron chi connectivity index (χ4n) is 0.650. The molecular weight excluding hydrogens is 342 g/mol. The smallest absolute Gasteiger partial charge is 0.121 e. The number of benzene rings is 1. The van der Waals surface area contributed by atoms with Gasteiger partial charge in [0, 0.05) is 8.04 Å². The van der Waals surface area contributed by atoms with Crippen LogP contribution in [0, 0.1) is 3.57 Å². The molecule has 0 N–H and O–H groups in total. The van der Waals surface area contributed by atoms with E-state index in [0.29, 0.717) is 5.02 Å². The van der Waals surface area contributed by atoms with Gasteiger partial charge in [-0.2, -0.15) is 0 Å². The number of halogens is 3. The Morgan fingerprint density at radius 2 is 2.18 bits per heavy atom. The molecule has 60 valence electrons. The lowest BCUT2D eigenvalue weighted by atomic mass is 10.3. The van der Waals surface area contributed by atoms with Crippen molar-refractivity contribution in [2.24, 2.45) is 0 Å². The first-order chi connectivity index (χ1) is 5.15. The largest absolute Gasteiger partial charge is 0.497 e. The van der Waals surface area contributed by atoms with E-state index in [1.54, 1.807) is 13.2 Å². The third kappa shape index (κ3) is 2.23. The third-order valence-corrected chi connectivity index (χ3v) is 4.34. The van der Waals surface area contributed by atoms with E-state index in [1.165, 1.54) is 0 Å². The summed E-state index contributed by atoms with van der Waals surface area (Å²) in [5.41, 5.74) is 0. The summed E-state index contributed by atoms with van der Waals surface area (Å²) in [5.74, 6) is 0.766. The lowest BCUT2D eigenvalue weighted by Crippen LogP contribution is -1.84. The Hall–Kier alpha value is 0.520. The van der Waals surface area contributed by atoms with Crippen molar-refractivity contribution in [2.75, 3.05) is 7.11 Å². The van der Waals surface area contributed by atoms with Crippen LogP contribution in [0.2, 0.25) is 5.02 Å². The molecule has 0 heterocycles. The Balaban J connectivity index is 3.21. The maximum atomic E-state index is 5.88. The molecule has 0 aromatic heterocycles. The first kappa shape index (κ1) is 9.61. The quantitative estimate of drug-likeness (QED) is 0.556.